The summed E-state index contributed by atoms with van der Waals surface area (Å²) < 4.78 is 0. The maximum Gasteiger partial charge on any atom is 0.117 e. The van der Waals surface area contributed by atoms with Crippen molar-refractivity contribution in [2.45, 2.75) is 5.92 Å². The van der Waals surface area contributed by atoms with Gasteiger partial charge in [-0.1, -0.05) is 6.07 Å². The standard InChI is InChI=1S/C11H8N4/c12-7-10(9-3-1-5-13-8-9)11-4-2-6-14-15-11/h1-6,8,10H. The summed E-state index contributed by atoms with van der Waals surface area (Å²) in [6.07, 6.45) is 4.93. The molecule has 2 aromatic rings. The Bertz CT molecular complexity index is 421. The summed E-state index contributed by atoms with van der Waals surface area (Å²) in [4.78, 5) is 3.98. The molecule has 4 heteroatoms. The first-order chi connectivity index (χ1) is 7.42. The van der Waals surface area contributed by atoms with Crippen molar-refractivity contribution in [3.05, 3.63) is 54.1 Å². The SMILES string of the molecule is N#CC(c1cccnc1)c1cccnn1. The molecule has 2 rings (SSSR count). The van der Waals surface area contributed by atoms with Crippen molar-refractivity contribution in [3.63, 3.8) is 0 Å². The van der Waals surface area contributed by atoms with Crippen molar-refractivity contribution in [3.8, 4) is 6.07 Å². The maximum atomic E-state index is 9.09. The van der Waals surface area contributed by atoms with Crippen LogP contribution >= 0.6 is 0 Å². The van der Waals surface area contributed by atoms with Crippen molar-refractivity contribution in [1.29, 1.82) is 5.26 Å². The van der Waals surface area contributed by atoms with Gasteiger partial charge in [-0.2, -0.15) is 15.5 Å². The lowest BCUT2D eigenvalue weighted by molar-refractivity contribution is 0.880. The lowest BCUT2D eigenvalue weighted by Gasteiger charge is -2.06. The molecule has 0 radical (unpaired) electrons. The van der Waals surface area contributed by atoms with Crippen molar-refractivity contribution < 1.29 is 0 Å². The van der Waals surface area contributed by atoms with Crippen LogP contribution in [0, 0.1) is 11.3 Å². The zero-order chi connectivity index (χ0) is 10.5. The van der Waals surface area contributed by atoms with Gasteiger partial charge in [0.1, 0.15) is 5.92 Å². The predicted octanol–water partition coefficient (Wildman–Crippen LogP) is 1.53. The van der Waals surface area contributed by atoms with Gasteiger partial charge in [-0.3, -0.25) is 4.98 Å². The maximum absolute atomic E-state index is 9.09. The van der Waals surface area contributed by atoms with Crippen LogP contribution in [0.5, 0.6) is 0 Å². The molecule has 0 spiro atoms. The number of pyridine rings is 1. The Labute approximate surface area is 87.2 Å². The zero-order valence-corrected chi connectivity index (χ0v) is 7.91. The third-order valence-electron chi connectivity index (χ3n) is 2.04. The van der Waals surface area contributed by atoms with Crippen LogP contribution in [0.1, 0.15) is 17.2 Å². The van der Waals surface area contributed by atoms with Crippen molar-refractivity contribution in [2.24, 2.45) is 0 Å². The van der Waals surface area contributed by atoms with Crippen molar-refractivity contribution >= 4 is 0 Å². The van der Waals surface area contributed by atoms with E-state index in [0.29, 0.717) is 5.69 Å². The average Bonchev–Trinajstić information content (AvgIpc) is 2.33. The van der Waals surface area contributed by atoms with E-state index in [1.54, 1.807) is 36.8 Å². The molecule has 1 unspecified atom stereocenters. The summed E-state index contributed by atoms with van der Waals surface area (Å²) in [5, 5.41) is 16.8. The minimum Gasteiger partial charge on any atom is -0.264 e. The molecule has 0 aliphatic carbocycles. The fourth-order valence-corrected chi connectivity index (χ4v) is 1.33. The lowest BCUT2D eigenvalue weighted by Crippen LogP contribution is -2.02. The normalized spacial score (nSPS) is 11.7. The van der Waals surface area contributed by atoms with Gasteiger partial charge in [-0.05, 0) is 23.8 Å². The van der Waals surface area contributed by atoms with Crippen LogP contribution in [0.25, 0.3) is 0 Å². The highest BCUT2D eigenvalue weighted by molar-refractivity contribution is 5.31. The van der Waals surface area contributed by atoms with Gasteiger partial charge in [0.25, 0.3) is 0 Å². The molecular weight excluding hydrogens is 188 g/mol. The fraction of sp³-hybridized carbons (Fsp3) is 0.0909. The molecule has 0 saturated carbocycles. The second kappa shape index (κ2) is 4.29. The molecule has 0 saturated heterocycles. The van der Waals surface area contributed by atoms with E-state index in [2.05, 4.69) is 21.3 Å². The molecule has 0 amide bonds. The Balaban J connectivity index is 2.39. The Morgan fingerprint density at radius 1 is 1.20 bits per heavy atom. The summed E-state index contributed by atoms with van der Waals surface area (Å²) in [7, 11) is 0. The minimum atomic E-state index is -0.396. The van der Waals surface area contributed by atoms with Crippen LogP contribution in [0.2, 0.25) is 0 Å². The first kappa shape index (κ1) is 9.28. The smallest absolute Gasteiger partial charge is 0.117 e. The molecule has 2 aromatic heterocycles. The highest BCUT2D eigenvalue weighted by atomic mass is 15.1. The Hall–Kier alpha value is -2.28. The van der Waals surface area contributed by atoms with Crippen LogP contribution in [0.3, 0.4) is 0 Å². The third-order valence-corrected chi connectivity index (χ3v) is 2.04. The van der Waals surface area contributed by atoms with E-state index in [4.69, 9.17) is 5.26 Å². The van der Waals surface area contributed by atoms with Gasteiger partial charge in [0.15, 0.2) is 0 Å². The summed E-state index contributed by atoms with van der Waals surface area (Å²) in [6, 6.07) is 9.40. The monoisotopic (exact) mass is 196 g/mol. The summed E-state index contributed by atoms with van der Waals surface area (Å²) >= 11 is 0. The van der Waals surface area contributed by atoms with E-state index in [-0.39, 0.29) is 0 Å². The molecular formula is C11H8N4. The van der Waals surface area contributed by atoms with E-state index in [1.807, 2.05) is 6.07 Å². The number of aromatic nitrogens is 3. The van der Waals surface area contributed by atoms with Crippen molar-refractivity contribution in [2.75, 3.05) is 0 Å². The topological polar surface area (TPSA) is 62.5 Å². The van der Waals surface area contributed by atoms with Gasteiger partial charge in [0, 0.05) is 18.6 Å². The van der Waals surface area contributed by atoms with E-state index in [1.165, 1.54) is 0 Å². The quantitative estimate of drug-likeness (QED) is 0.730. The average molecular weight is 196 g/mol. The first-order valence-electron chi connectivity index (χ1n) is 4.49. The lowest BCUT2D eigenvalue weighted by atomic mass is 9.99. The second-order valence-corrected chi connectivity index (χ2v) is 3.00. The molecule has 0 aliphatic heterocycles. The van der Waals surface area contributed by atoms with E-state index >= 15 is 0 Å². The van der Waals surface area contributed by atoms with Crippen LogP contribution in [-0.4, -0.2) is 15.2 Å². The molecule has 0 fully saturated rings. The van der Waals surface area contributed by atoms with E-state index in [9.17, 15) is 0 Å². The molecule has 0 N–H and O–H groups in total. The van der Waals surface area contributed by atoms with Gasteiger partial charge >= 0.3 is 0 Å². The van der Waals surface area contributed by atoms with Gasteiger partial charge in [-0.15, -0.1) is 0 Å². The largest absolute Gasteiger partial charge is 0.264 e. The van der Waals surface area contributed by atoms with Crippen LogP contribution < -0.4 is 0 Å². The van der Waals surface area contributed by atoms with Crippen LogP contribution in [-0.2, 0) is 0 Å². The second-order valence-electron chi connectivity index (χ2n) is 3.00. The van der Waals surface area contributed by atoms with Gasteiger partial charge in [-0.25, -0.2) is 0 Å². The molecule has 0 aromatic carbocycles. The fourth-order valence-electron chi connectivity index (χ4n) is 1.33. The Morgan fingerprint density at radius 3 is 2.67 bits per heavy atom. The van der Waals surface area contributed by atoms with E-state index in [0.717, 1.165) is 5.56 Å². The Kier molecular flexibility index (Phi) is 2.65. The first-order valence-corrected chi connectivity index (χ1v) is 4.49. The molecule has 2 heterocycles. The third kappa shape index (κ3) is 1.97. The summed E-state index contributed by atoms with van der Waals surface area (Å²) in [5.41, 5.74) is 1.48. The van der Waals surface area contributed by atoms with E-state index < -0.39 is 5.92 Å². The molecule has 0 bridgehead atoms. The van der Waals surface area contributed by atoms with Crippen LogP contribution in [0.15, 0.2) is 42.9 Å². The highest BCUT2D eigenvalue weighted by Gasteiger charge is 2.14. The Morgan fingerprint density at radius 2 is 2.07 bits per heavy atom. The number of hydrogen-bond donors (Lipinski definition) is 0. The summed E-state index contributed by atoms with van der Waals surface area (Å²) in [6.45, 7) is 0. The number of hydrogen-bond acceptors (Lipinski definition) is 4. The highest BCUT2D eigenvalue weighted by Crippen LogP contribution is 2.20. The zero-order valence-electron chi connectivity index (χ0n) is 7.91. The molecule has 15 heavy (non-hydrogen) atoms. The number of nitrogens with zero attached hydrogens (tertiary/aromatic N) is 4. The molecule has 4 nitrogen and oxygen atoms in total. The molecule has 72 valence electrons. The number of rotatable bonds is 2. The van der Waals surface area contributed by atoms with Crippen LogP contribution in [0.4, 0.5) is 0 Å². The molecule has 0 aliphatic rings. The molecule has 1 atom stereocenters. The van der Waals surface area contributed by atoms with Gasteiger partial charge in [0.05, 0.1) is 11.8 Å². The van der Waals surface area contributed by atoms with Crippen molar-refractivity contribution in [1.82, 2.24) is 15.2 Å². The minimum absolute atomic E-state index is 0.396. The van der Waals surface area contributed by atoms with Gasteiger partial charge < -0.3 is 0 Å². The summed E-state index contributed by atoms with van der Waals surface area (Å²) in [5.74, 6) is -0.396. The van der Waals surface area contributed by atoms with Gasteiger partial charge in [0.2, 0.25) is 0 Å². The predicted molar refractivity (Wildman–Crippen MR) is 53.7 cm³/mol. The number of nitriles is 1.